The van der Waals surface area contributed by atoms with Gasteiger partial charge in [-0.2, -0.15) is 0 Å². The van der Waals surface area contributed by atoms with Crippen molar-refractivity contribution in [3.05, 3.63) is 17.2 Å². The third kappa shape index (κ3) is 2.40. The van der Waals surface area contributed by atoms with Crippen LogP contribution in [0.2, 0.25) is 0 Å². The second-order valence-electron chi connectivity index (χ2n) is 5.70. The van der Waals surface area contributed by atoms with Crippen molar-refractivity contribution < 1.29 is 9.36 Å². The number of aromatic nitrogens is 2. The minimum absolute atomic E-state index is 0.795. The minimum Gasteiger partial charge on any atom is -0.359 e. The highest BCUT2D eigenvalue weighted by molar-refractivity contribution is 5.45. The minimum atomic E-state index is 0.795. The fourth-order valence-electron chi connectivity index (χ4n) is 3.66. The monoisotopic (exact) mass is 262 g/mol. The predicted octanol–water partition coefficient (Wildman–Crippen LogP) is 1.13. The van der Waals surface area contributed by atoms with Gasteiger partial charge in [-0.3, -0.25) is 4.79 Å². The number of hydrogen-bond donors (Lipinski definition) is 1. The Hall–Kier alpha value is -1.32. The van der Waals surface area contributed by atoms with Crippen molar-refractivity contribution in [3.63, 3.8) is 0 Å². The largest absolute Gasteiger partial charge is 0.359 e. The van der Waals surface area contributed by atoms with E-state index in [1.165, 1.54) is 51.6 Å². The lowest BCUT2D eigenvalue weighted by atomic mass is 10.1. The van der Waals surface area contributed by atoms with E-state index in [9.17, 15) is 4.79 Å². The van der Waals surface area contributed by atoms with Gasteiger partial charge in [0.2, 0.25) is 6.41 Å². The quantitative estimate of drug-likeness (QED) is 0.482. The van der Waals surface area contributed by atoms with Crippen molar-refractivity contribution in [2.24, 2.45) is 0 Å². The number of nitrogens with one attached hydrogen (secondary N) is 1. The fraction of sp³-hybridized carbons (Fsp3) is 0.733. The Kier molecular flexibility index (Phi) is 3.85. The Morgan fingerprint density at radius 3 is 3.00 bits per heavy atom. The van der Waals surface area contributed by atoms with Crippen molar-refractivity contribution in [2.75, 3.05) is 6.54 Å². The van der Waals surface area contributed by atoms with E-state index >= 15 is 0 Å². The van der Waals surface area contributed by atoms with Gasteiger partial charge in [0.15, 0.2) is 0 Å². The van der Waals surface area contributed by atoms with Crippen LogP contribution in [-0.4, -0.2) is 17.5 Å². The Bertz CT molecular complexity index is 431. The first-order valence-corrected chi connectivity index (χ1v) is 7.72. The summed E-state index contributed by atoms with van der Waals surface area (Å²) in [5.74, 6) is 1.57. The molecule has 0 fully saturated rings. The third-order valence-electron chi connectivity index (χ3n) is 4.50. The molecule has 1 aromatic heterocycles. The van der Waals surface area contributed by atoms with Gasteiger partial charge in [-0.05, 0) is 32.1 Å². The molecule has 0 bridgehead atoms. The average Bonchev–Trinajstić information content (AvgIpc) is 2.78. The van der Waals surface area contributed by atoms with Crippen LogP contribution in [0.25, 0.3) is 0 Å². The number of hydrogen-bond acceptors (Lipinski definition) is 1. The van der Waals surface area contributed by atoms with Crippen LogP contribution >= 0.6 is 0 Å². The first-order chi connectivity index (χ1) is 9.42. The van der Waals surface area contributed by atoms with Crippen LogP contribution in [0.3, 0.4) is 0 Å². The molecule has 0 radical (unpaired) electrons. The van der Waals surface area contributed by atoms with Gasteiger partial charge in [-0.25, -0.2) is 9.13 Å². The van der Waals surface area contributed by atoms with Crippen molar-refractivity contribution in [1.82, 2.24) is 9.88 Å². The second-order valence-corrected chi connectivity index (χ2v) is 5.70. The van der Waals surface area contributed by atoms with Crippen LogP contribution in [0.1, 0.15) is 49.3 Å². The summed E-state index contributed by atoms with van der Waals surface area (Å²) in [6.45, 7) is 3.21. The smallest absolute Gasteiger partial charge is 0.256 e. The molecule has 0 atom stereocenters. The molecule has 4 heteroatoms. The number of rotatable bonds is 5. The summed E-state index contributed by atoms with van der Waals surface area (Å²) in [5.41, 5.74) is 3.15. The summed E-state index contributed by atoms with van der Waals surface area (Å²) >= 11 is 0. The zero-order valence-corrected chi connectivity index (χ0v) is 11.7. The molecule has 2 aliphatic heterocycles. The maximum atomic E-state index is 10.3. The first kappa shape index (κ1) is 12.7. The predicted molar refractivity (Wildman–Crippen MR) is 72.9 cm³/mol. The molecule has 0 unspecified atom stereocenters. The third-order valence-corrected chi connectivity index (χ3v) is 4.50. The molecular weight excluding hydrogens is 238 g/mol. The maximum Gasteiger partial charge on any atom is 0.256 e. The van der Waals surface area contributed by atoms with E-state index in [0.717, 1.165) is 25.8 Å². The second kappa shape index (κ2) is 5.76. The Balaban J connectivity index is 1.84. The molecule has 2 aliphatic rings. The molecule has 1 N–H and O–H groups in total. The number of fused-ring (bicyclic) bond motifs is 3. The normalized spacial score (nSPS) is 17.7. The molecular formula is C15H24N3O+. The first-order valence-electron chi connectivity index (χ1n) is 7.72. The van der Waals surface area contributed by atoms with Gasteiger partial charge in [-0.1, -0.05) is 0 Å². The summed E-state index contributed by atoms with van der Waals surface area (Å²) in [4.78, 5) is 10.3. The number of amides is 1. The zero-order chi connectivity index (χ0) is 13.1. The fourth-order valence-corrected chi connectivity index (χ4v) is 3.66. The van der Waals surface area contributed by atoms with Crippen LogP contribution < -0.4 is 9.88 Å². The Morgan fingerprint density at radius 2 is 2.11 bits per heavy atom. The van der Waals surface area contributed by atoms with Crippen molar-refractivity contribution >= 4 is 6.41 Å². The van der Waals surface area contributed by atoms with E-state index in [0.29, 0.717) is 0 Å². The van der Waals surface area contributed by atoms with E-state index in [4.69, 9.17) is 0 Å². The van der Waals surface area contributed by atoms with Crippen molar-refractivity contribution in [3.8, 4) is 0 Å². The summed E-state index contributed by atoms with van der Waals surface area (Å²) in [7, 11) is 0. The molecule has 3 rings (SSSR count). The van der Waals surface area contributed by atoms with Crippen LogP contribution in [0.15, 0.2) is 0 Å². The lowest BCUT2D eigenvalue weighted by Gasteiger charge is -2.12. The zero-order valence-electron chi connectivity index (χ0n) is 11.7. The molecule has 0 spiro atoms. The molecule has 104 valence electrons. The lowest BCUT2D eigenvalue weighted by molar-refractivity contribution is -0.715. The highest BCUT2D eigenvalue weighted by Gasteiger charge is 2.32. The van der Waals surface area contributed by atoms with Crippen LogP contribution in [0.5, 0.6) is 0 Å². The topological polar surface area (TPSA) is 37.9 Å². The van der Waals surface area contributed by atoms with Gasteiger partial charge >= 0.3 is 0 Å². The molecule has 0 aromatic carbocycles. The van der Waals surface area contributed by atoms with E-state index < -0.39 is 0 Å². The van der Waals surface area contributed by atoms with Gasteiger partial charge in [-0.15, -0.1) is 0 Å². The number of carbonyl (C=O) groups is 1. The van der Waals surface area contributed by atoms with Gasteiger partial charge in [0.25, 0.3) is 5.82 Å². The summed E-state index contributed by atoms with van der Waals surface area (Å²) in [5, 5.41) is 2.77. The molecule has 1 aromatic rings. The van der Waals surface area contributed by atoms with Gasteiger partial charge in [0.05, 0.1) is 13.1 Å². The standard InChI is InChI=1S/C15H23N3O/c19-12-16-9-5-7-14-13-6-1-3-10-17(13)15-8-2-4-11-18(14)15/h12H,1-11H2/p+1. The van der Waals surface area contributed by atoms with E-state index in [1.54, 1.807) is 17.2 Å². The molecule has 1 amide bonds. The maximum absolute atomic E-state index is 10.3. The van der Waals surface area contributed by atoms with Crippen molar-refractivity contribution in [1.29, 1.82) is 0 Å². The molecule has 19 heavy (non-hydrogen) atoms. The summed E-state index contributed by atoms with van der Waals surface area (Å²) < 4.78 is 5.19. The Labute approximate surface area is 114 Å². The molecule has 3 heterocycles. The molecule has 4 nitrogen and oxygen atoms in total. The number of carbonyl (C=O) groups excluding carboxylic acids is 1. The number of nitrogens with zero attached hydrogens (tertiary/aromatic N) is 2. The Morgan fingerprint density at radius 1 is 1.21 bits per heavy atom. The van der Waals surface area contributed by atoms with Gasteiger partial charge < -0.3 is 5.32 Å². The van der Waals surface area contributed by atoms with Gasteiger partial charge in [0.1, 0.15) is 11.4 Å². The number of imidazole rings is 1. The van der Waals surface area contributed by atoms with Gasteiger partial charge in [0, 0.05) is 25.8 Å². The lowest BCUT2D eigenvalue weighted by Crippen LogP contribution is -2.44. The van der Waals surface area contributed by atoms with Crippen LogP contribution in [0, 0.1) is 0 Å². The van der Waals surface area contributed by atoms with E-state index in [1.807, 2.05) is 0 Å². The molecule has 0 saturated heterocycles. The molecule has 0 saturated carbocycles. The highest BCUT2D eigenvalue weighted by Crippen LogP contribution is 2.23. The average molecular weight is 262 g/mol. The van der Waals surface area contributed by atoms with E-state index in [-0.39, 0.29) is 0 Å². The van der Waals surface area contributed by atoms with E-state index in [2.05, 4.69) is 14.5 Å². The SMILES string of the molecule is O=CNCCCc1c2n(c3[n+]1CCCC3)CCCC2. The van der Waals surface area contributed by atoms with Crippen LogP contribution in [0.4, 0.5) is 0 Å². The summed E-state index contributed by atoms with van der Waals surface area (Å²) in [6, 6.07) is 0. The van der Waals surface area contributed by atoms with Crippen molar-refractivity contribution in [2.45, 2.75) is 64.5 Å². The summed E-state index contributed by atoms with van der Waals surface area (Å²) in [6.07, 6.45) is 10.8. The van der Waals surface area contributed by atoms with Crippen LogP contribution in [-0.2, 0) is 37.1 Å². The highest BCUT2D eigenvalue weighted by atomic mass is 16.1. The molecule has 0 aliphatic carbocycles.